The van der Waals surface area contributed by atoms with E-state index in [-0.39, 0.29) is 36.6 Å². The maximum Gasteiger partial charge on any atom is 0.236 e. The van der Waals surface area contributed by atoms with Gasteiger partial charge >= 0.3 is 0 Å². The number of aliphatic hydroxyl groups is 1. The minimum atomic E-state index is -3.03. The molecule has 0 aromatic heterocycles. The van der Waals surface area contributed by atoms with Crippen molar-refractivity contribution >= 4 is 15.7 Å². The number of sulfone groups is 1. The zero-order chi connectivity index (χ0) is 15.3. The van der Waals surface area contributed by atoms with Gasteiger partial charge in [-0.05, 0) is 19.3 Å². The lowest BCUT2D eigenvalue weighted by molar-refractivity contribution is -0.133. The Morgan fingerprint density at radius 3 is 2.38 bits per heavy atom. The Morgan fingerprint density at radius 1 is 1.10 bits per heavy atom. The van der Waals surface area contributed by atoms with Gasteiger partial charge in [0.2, 0.25) is 5.91 Å². The summed E-state index contributed by atoms with van der Waals surface area (Å²) in [6.07, 6.45) is 4.88. The Bertz CT molecular complexity index is 444. The highest BCUT2D eigenvalue weighted by Crippen LogP contribution is 2.16. The average molecular weight is 318 g/mol. The highest BCUT2D eigenvalue weighted by molar-refractivity contribution is 7.91. The first-order valence-electron chi connectivity index (χ1n) is 7.85. The van der Waals surface area contributed by atoms with Gasteiger partial charge in [-0.15, -0.1) is 0 Å². The topological polar surface area (TPSA) is 77.9 Å². The summed E-state index contributed by atoms with van der Waals surface area (Å²) in [4.78, 5) is 16.2. The summed E-state index contributed by atoms with van der Waals surface area (Å²) in [6.45, 7) is 2.26. The number of hydrogen-bond donors (Lipinski definition) is 1. The van der Waals surface area contributed by atoms with Crippen LogP contribution in [0.3, 0.4) is 0 Å². The molecule has 0 spiro atoms. The standard InChI is InChI=1S/C14H26N2O4S/c17-9-5-13-12-21(19,20)10-8-16(13)11-14(18)15-6-3-1-2-4-7-15/h13,17H,1-12H2. The molecule has 2 saturated heterocycles. The first kappa shape index (κ1) is 16.7. The molecule has 6 nitrogen and oxygen atoms in total. The number of likely N-dealkylation sites (tertiary alicyclic amines) is 1. The third-order valence-electron chi connectivity index (χ3n) is 4.41. The summed E-state index contributed by atoms with van der Waals surface area (Å²) in [5, 5.41) is 9.11. The molecular formula is C14H26N2O4S. The maximum atomic E-state index is 12.4. The summed E-state index contributed by atoms with van der Waals surface area (Å²) in [7, 11) is -3.03. The highest BCUT2D eigenvalue weighted by atomic mass is 32.2. The molecule has 0 saturated carbocycles. The fraction of sp³-hybridized carbons (Fsp3) is 0.929. The zero-order valence-corrected chi connectivity index (χ0v) is 13.4. The van der Waals surface area contributed by atoms with Crippen molar-refractivity contribution in [2.24, 2.45) is 0 Å². The van der Waals surface area contributed by atoms with Crippen LogP contribution in [0, 0.1) is 0 Å². The summed E-state index contributed by atoms with van der Waals surface area (Å²) < 4.78 is 23.4. The van der Waals surface area contributed by atoms with Crippen LogP contribution in [0.15, 0.2) is 0 Å². The zero-order valence-electron chi connectivity index (χ0n) is 12.5. The highest BCUT2D eigenvalue weighted by Gasteiger charge is 2.32. The van der Waals surface area contributed by atoms with E-state index < -0.39 is 9.84 Å². The van der Waals surface area contributed by atoms with Crippen LogP contribution >= 0.6 is 0 Å². The lowest BCUT2D eigenvalue weighted by Crippen LogP contribution is -2.52. The Hall–Kier alpha value is -0.660. The Labute approximate surface area is 127 Å². The van der Waals surface area contributed by atoms with Gasteiger partial charge in [-0.25, -0.2) is 8.42 Å². The largest absolute Gasteiger partial charge is 0.396 e. The van der Waals surface area contributed by atoms with Gasteiger partial charge < -0.3 is 10.0 Å². The molecule has 2 rings (SSSR count). The van der Waals surface area contributed by atoms with Crippen molar-refractivity contribution in [3.8, 4) is 0 Å². The molecule has 0 aliphatic carbocycles. The summed E-state index contributed by atoms with van der Waals surface area (Å²) >= 11 is 0. The molecular weight excluding hydrogens is 292 g/mol. The first-order valence-corrected chi connectivity index (χ1v) is 9.67. The van der Waals surface area contributed by atoms with Crippen LogP contribution < -0.4 is 0 Å². The summed E-state index contributed by atoms with van der Waals surface area (Å²) in [5.74, 6) is 0.266. The van der Waals surface area contributed by atoms with Crippen molar-refractivity contribution in [3.05, 3.63) is 0 Å². The summed E-state index contributed by atoms with van der Waals surface area (Å²) in [5.41, 5.74) is 0. The van der Waals surface area contributed by atoms with E-state index in [1.165, 1.54) is 12.8 Å². The van der Waals surface area contributed by atoms with E-state index in [2.05, 4.69) is 0 Å². The molecule has 7 heteroatoms. The number of aliphatic hydroxyl groups excluding tert-OH is 1. The van der Waals surface area contributed by atoms with E-state index in [0.29, 0.717) is 13.0 Å². The van der Waals surface area contributed by atoms with Crippen LogP contribution in [-0.2, 0) is 14.6 Å². The van der Waals surface area contributed by atoms with Crippen molar-refractivity contribution in [3.63, 3.8) is 0 Å². The molecule has 0 radical (unpaired) electrons. The molecule has 2 aliphatic rings. The second-order valence-electron chi connectivity index (χ2n) is 6.05. The predicted molar refractivity (Wildman–Crippen MR) is 80.8 cm³/mol. The molecule has 1 amide bonds. The Kier molecular flexibility index (Phi) is 6.01. The quantitative estimate of drug-likeness (QED) is 0.781. The second-order valence-corrected chi connectivity index (χ2v) is 8.27. The lowest BCUT2D eigenvalue weighted by atomic mass is 10.2. The lowest BCUT2D eigenvalue weighted by Gasteiger charge is -2.36. The van der Waals surface area contributed by atoms with Crippen LogP contribution in [0.5, 0.6) is 0 Å². The van der Waals surface area contributed by atoms with Gasteiger partial charge in [0.25, 0.3) is 0 Å². The van der Waals surface area contributed by atoms with E-state index in [0.717, 1.165) is 25.9 Å². The van der Waals surface area contributed by atoms with E-state index in [1.54, 1.807) is 0 Å². The van der Waals surface area contributed by atoms with Gasteiger partial charge in [-0.3, -0.25) is 9.69 Å². The van der Waals surface area contributed by atoms with Gasteiger partial charge in [0.15, 0.2) is 9.84 Å². The predicted octanol–water partition coefficient (Wildman–Crippen LogP) is -0.130. The molecule has 0 aromatic carbocycles. The smallest absolute Gasteiger partial charge is 0.236 e. The minimum Gasteiger partial charge on any atom is -0.396 e. The Morgan fingerprint density at radius 2 is 1.76 bits per heavy atom. The van der Waals surface area contributed by atoms with Gasteiger partial charge in [-0.1, -0.05) is 12.8 Å². The monoisotopic (exact) mass is 318 g/mol. The Balaban J connectivity index is 1.94. The van der Waals surface area contributed by atoms with E-state index in [4.69, 9.17) is 5.11 Å². The SMILES string of the molecule is O=C(CN1CCS(=O)(=O)CC1CCO)N1CCCCCC1. The third kappa shape index (κ3) is 4.93. The van der Waals surface area contributed by atoms with Crippen LogP contribution in [0.25, 0.3) is 0 Å². The number of nitrogens with zero attached hydrogens (tertiary/aromatic N) is 2. The molecule has 1 unspecified atom stereocenters. The molecule has 21 heavy (non-hydrogen) atoms. The van der Waals surface area contributed by atoms with Crippen molar-refractivity contribution in [2.45, 2.75) is 38.1 Å². The number of carbonyl (C=O) groups is 1. The molecule has 1 N–H and O–H groups in total. The van der Waals surface area contributed by atoms with Gasteiger partial charge in [0.1, 0.15) is 0 Å². The van der Waals surface area contributed by atoms with Gasteiger partial charge in [-0.2, -0.15) is 0 Å². The number of rotatable bonds is 4. The van der Waals surface area contributed by atoms with E-state index in [9.17, 15) is 13.2 Å². The van der Waals surface area contributed by atoms with Crippen molar-refractivity contribution in [1.82, 2.24) is 9.80 Å². The van der Waals surface area contributed by atoms with E-state index >= 15 is 0 Å². The van der Waals surface area contributed by atoms with Crippen molar-refractivity contribution < 1.29 is 18.3 Å². The third-order valence-corrected chi connectivity index (χ3v) is 6.11. The van der Waals surface area contributed by atoms with Gasteiger partial charge in [0.05, 0.1) is 18.1 Å². The van der Waals surface area contributed by atoms with Crippen LogP contribution in [-0.4, -0.2) is 79.6 Å². The van der Waals surface area contributed by atoms with Crippen LogP contribution in [0.2, 0.25) is 0 Å². The van der Waals surface area contributed by atoms with Crippen molar-refractivity contribution in [2.75, 3.05) is 44.3 Å². The maximum absolute atomic E-state index is 12.4. The minimum absolute atomic E-state index is 0.0470. The first-order chi connectivity index (χ1) is 10.0. The number of carbonyl (C=O) groups excluding carboxylic acids is 1. The van der Waals surface area contributed by atoms with Crippen LogP contribution in [0.4, 0.5) is 0 Å². The fourth-order valence-corrected chi connectivity index (χ4v) is 4.78. The summed E-state index contributed by atoms with van der Waals surface area (Å²) in [6, 6.07) is -0.232. The molecule has 2 aliphatic heterocycles. The molecule has 0 aromatic rings. The average Bonchev–Trinajstić information content (AvgIpc) is 2.70. The van der Waals surface area contributed by atoms with E-state index in [1.807, 2.05) is 9.80 Å². The van der Waals surface area contributed by atoms with Gasteiger partial charge in [0, 0.05) is 32.3 Å². The molecule has 2 fully saturated rings. The number of amides is 1. The molecule has 122 valence electrons. The molecule has 2 heterocycles. The number of hydrogen-bond acceptors (Lipinski definition) is 5. The fourth-order valence-electron chi connectivity index (χ4n) is 3.14. The van der Waals surface area contributed by atoms with Crippen LogP contribution in [0.1, 0.15) is 32.1 Å². The molecule has 1 atom stereocenters. The normalized spacial score (nSPS) is 27.3. The second kappa shape index (κ2) is 7.56. The van der Waals surface area contributed by atoms with Crippen molar-refractivity contribution in [1.29, 1.82) is 0 Å². The molecule has 0 bridgehead atoms.